The van der Waals surface area contributed by atoms with Gasteiger partial charge >= 0.3 is 0 Å². The first kappa shape index (κ1) is 12.7. The van der Waals surface area contributed by atoms with Gasteiger partial charge in [0, 0.05) is 24.1 Å². The fourth-order valence-corrected chi connectivity index (χ4v) is 1.52. The molecule has 0 bridgehead atoms. The quantitative estimate of drug-likeness (QED) is 0.467. The largest absolute Gasteiger partial charge is 0.439 e. The van der Waals surface area contributed by atoms with E-state index in [9.17, 15) is 14.9 Å². The van der Waals surface area contributed by atoms with Crippen LogP contribution in [0, 0.1) is 10.1 Å². The van der Waals surface area contributed by atoms with E-state index in [1.54, 1.807) is 24.3 Å². The van der Waals surface area contributed by atoms with Crippen molar-refractivity contribution in [3.8, 4) is 11.6 Å². The van der Waals surface area contributed by atoms with Gasteiger partial charge in [-0.05, 0) is 6.07 Å². The fraction of sp³-hybridized carbons (Fsp3) is 0.0769. The Kier molecular flexibility index (Phi) is 3.82. The summed E-state index contributed by atoms with van der Waals surface area (Å²) in [6.07, 6.45) is 2.15. The van der Waals surface area contributed by atoms with E-state index >= 15 is 0 Å². The normalized spacial score (nSPS) is 9.89. The van der Waals surface area contributed by atoms with Crippen molar-refractivity contribution in [3.05, 3.63) is 58.3 Å². The summed E-state index contributed by atoms with van der Waals surface area (Å²) >= 11 is 0. The summed E-state index contributed by atoms with van der Waals surface area (Å²) < 4.78 is 5.50. The zero-order valence-electron chi connectivity index (χ0n) is 9.85. The van der Waals surface area contributed by atoms with E-state index in [2.05, 4.69) is 4.98 Å². The molecule has 0 unspecified atom stereocenters. The second kappa shape index (κ2) is 5.72. The molecular weight excluding hydrogens is 248 g/mol. The SMILES string of the molecule is O=CCc1ccccc1Oc1ccc([N+](=O)[O-])cn1. The smallest absolute Gasteiger partial charge is 0.287 e. The Hall–Kier alpha value is -2.76. The molecule has 2 rings (SSSR count). The van der Waals surface area contributed by atoms with Crippen molar-refractivity contribution < 1.29 is 14.5 Å². The summed E-state index contributed by atoms with van der Waals surface area (Å²) in [4.78, 5) is 24.4. The van der Waals surface area contributed by atoms with Crippen LogP contribution in [0.2, 0.25) is 0 Å². The molecule has 0 atom stereocenters. The number of carbonyl (C=O) groups excluding carboxylic acids is 1. The molecule has 0 aliphatic heterocycles. The van der Waals surface area contributed by atoms with Crippen LogP contribution in [0.15, 0.2) is 42.6 Å². The predicted molar refractivity (Wildman–Crippen MR) is 67.2 cm³/mol. The lowest BCUT2D eigenvalue weighted by Crippen LogP contribution is -1.95. The lowest BCUT2D eigenvalue weighted by atomic mass is 10.1. The summed E-state index contributed by atoms with van der Waals surface area (Å²) in [7, 11) is 0. The van der Waals surface area contributed by atoms with Crippen molar-refractivity contribution in [3.63, 3.8) is 0 Å². The highest BCUT2D eigenvalue weighted by molar-refractivity contribution is 5.57. The molecular formula is C13H10N2O4. The zero-order valence-corrected chi connectivity index (χ0v) is 9.85. The van der Waals surface area contributed by atoms with Crippen LogP contribution in [-0.2, 0) is 11.2 Å². The van der Waals surface area contributed by atoms with Crippen LogP contribution in [0.3, 0.4) is 0 Å². The number of ether oxygens (including phenoxy) is 1. The molecule has 6 heteroatoms. The Balaban J connectivity index is 2.21. The Morgan fingerprint density at radius 1 is 1.26 bits per heavy atom. The Labute approximate surface area is 108 Å². The van der Waals surface area contributed by atoms with Crippen molar-refractivity contribution in [2.24, 2.45) is 0 Å². The third-order valence-electron chi connectivity index (χ3n) is 2.42. The molecule has 0 aliphatic rings. The van der Waals surface area contributed by atoms with Crippen LogP contribution < -0.4 is 4.74 Å². The van der Waals surface area contributed by atoms with Gasteiger partial charge in [-0.15, -0.1) is 0 Å². The van der Waals surface area contributed by atoms with Crippen molar-refractivity contribution >= 4 is 12.0 Å². The van der Waals surface area contributed by atoms with Crippen LogP contribution in [0.1, 0.15) is 5.56 Å². The minimum atomic E-state index is -0.531. The van der Waals surface area contributed by atoms with E-state index in [4.69, 9.17) is 4.74 Å². The number of aromatic nitrogens is 1. The molecule has 96 valence electrons. The third-order valence-corrected chi connectivity index (χ3v) is 2.42. The van der Waals surface area contributed by atoms with Gasteiger partial charge in [-0.25, -0.2) is 4.98 Å². The summed E-state index contributed by atoms with van der Waals surface area (Å²) in [6, 6.07) is 9.78. The topological polar surface area (TPSA) is 82.3 Å². The van der Waals surface area contributed by atoms with E-state index in [1.807, 2.05) is 0 Å². The number of pyridine rings is 1. The summed E-state index contributed by atoms with van der Waals surface area (Å²) in [5, 5.41) is 10.5. The molecule has 19 heavy (non-hydrogen) atoms. The number of hydrogen-bond donors (Lipinski definition) is 0. The lowest BCUT2D eigenvalue weighted by molar-refractivity contribution is -0.385. The van der Waals surface area contributed by atoms with Crippen LogP contribution in [-0.4, -0.2) is 16.2 Å². The van der Waals surface area contributed by atoms with Gasteiger partial charge in [-0.1, -0.05) is 18.2 Å². The van der Waals surface area contributed by atoms with Crippen LogP contribution in [0.5, 0.6) is 11.6 Å². The van der Waals surface area contributed by atoms with Crippen LogP contribution >= 0.6 is 0 Å². The highest BCUT2D eigenvalue weighted by Crippen LogP contribution is 2.24. The van der Waals surface area contributed by atoms with Crippen LogP contribution in [0.25, 0.3) is 0 Å². The number of nitro groups is 1. The van der Waals surface area contributed by atoms with Gasteiger partial charge in [0.15, 0.2) is 0 Å². The summed E-state index contributed by atoms with van der Waals surface area (Å²) in [5.41, 5.74) is 0.631. The molecule has 0 amide bonds. The average molecular weight is 258 g/mol. The standard InChI is InChI=1S/C13H10N2O4/c16-8-7-10-3-1-2-4-12(10)19-13-6-5-11(9-14-13)15(17)18/h1-6,8-9H,7H2. The van der Waals surface area contributed by atoms with Gasteiger partial charge in [0.25, 0.3) is 5.69 Å². The zero-order chi connectivity index (χ0) is 13.7. The van der Waals surface area contributed by atoms with Gasteiger partial charge in [0.2, 0.25) is 5.88 Å². The summed E-state index contributed by atoms with van der Waals surface area (Å²) in [5.74, 6) is 0.750. The highest BCUT2D eigenvalue weighted by atomic mass is 16.6. The molecule has 2 aromatic rings. The summed E-state index contributed by atoms with van der Waals surface area (Å²) in [6.45, 7) is 0. The number of rotatable bonds is 5. The molecule has 0 N–H and O–H groups in total. The first-order valence-electron chi connectivity index (χ1n) is 5.50. The number of para-hydroxylation sites is 1. The Morgan fingerprint density at radius 3 is 2.68 bits per heavy atom. The van der Waals surface area contributed by atoms with Crippen molar-refractivity contribution in [2.45, 2.75) is 6.42 Å². The van der Waals surface area contributed by atoms with Gasteiger partial charge in [0.1, 0.15) is 18.2 Å². The van der Waals surface area contributed by atoms with E-state index in [0.29, 0.717) is 5.75 Å². The molecule has 1 aromatic carbocycles. The van der Waals surface area contributed by atoms with E-state index < -0.39 is 4.92 Å². The number of benzene rings is 1. The fourth-order valence-electron chi connectivity index (χ4n) is 1.52. The monoisotopic (exact) mass is 258 g/mol. The Morgan fingerprint density at radius 2 is 2.05 bits per heavy atom. The molecule has 6 nitrogen and oxygen atoms in total. The molecule has 0 saturated carbocycles. The van der Waals surface area contributed by atoms with Crippen molar-refractivity contribution in [1.29, 1.82) is 0 Å². The second-order valence-electron chi connectivity index (χ2n) is 3.69. The molecule has 1 aromatic heterocycles. The maximum atomic E-state index is 10.6. The predicted octanol–water partition coefficient (Wildman–Crippen LogP) is 2.52. The van der Waals surface area contributed by atoms with Crippen molar-refractivity contribution in [2.75, 3.05) is 0 Å². The van der Waals surface area contributed by atoms with E-state index in [1.165, 1.54) is 12.1 Å². The van der Waals surface area contributed by atoms with E-state index in [-0.39, 0.29) is 18.0 Å². The van der Waals surface area contributed by atoms with E-state index in [0.717, 1.165) is 18.0 Å². The molecule has 0 saturated heterocycles. The molecule has 0 radical (unpaired) electrons. The van der Waals surface area contributed by atoms with Gasteiger partial charge in [0.05, 0.1) is 4.92 Å². The molecule has 0 fully saturated rings. The lowest BCUT2D eigenvalue weighted by Gasteiger charge is -2.08. The van der Waals surface area contributed by atoms with Gasteiger partial charge < -0.3 is 9.53 Å². The van der Waals surface area contributed by atoms with Crippen molar-refractivity contribution in [1.82, 2.24) is 4.98 Å². The number of aldehydes is 1. The average Bonchev–Trinajstić information content (AvgIpc) is 2.42. The third kappa shape index (κ3) is 3.12. The number of carbonyl (C=O) groups is 1. The number of nitrogens with zero attached hydrogens (tertiary/aromatic N) is 2. The number of hydrogen-bond acceptors (Lipinski definition) is 5. The maximum absolute atomic E-state index is 10.6. The first-order valence-corrected chi connectivity index (χ1v) is 5.50. The van der Waals surface area contributed by atoms with Crippen LogP contribution in [0.4, 0.5) is 5.69 Å². The second-order valence-corrected chi connectivity index (χ2v) is 3.69. The minimum absolute atomic E-state index is 0.103. The first-order chi connectivity index (χ1) is 9.20. The minimum Gasteiger partial charge on any atom is -0.439 e. The van der Waals surface area contributed by atoms with Gasteiger partial charge in [-0.2, -0.15) is 0 Å². The Bertz CT molecular complexity index is 596. The maximum Gasteiger partial charge on any atom is 0.287 e. The molecule has 0 aliphatic carbocycles. The molecule has 0 spiro atoms. The molecule has 1 heterocycles. The highest BCUT2D eigenvalue weighted by Gasteiger charge is 2.08. The van der Waals surface area contributed by atoms with Gasteiger partial charge in [-0.3, -0.25) is 10.1 Å².